The molecular weight excluding hydrogens is 152 g/mol. The van der Waals surface area contributed by atoms with Crippen LogP contribution in [0.3, 0.4) is 0 Å². The van der Waals surface area contributed by atoms with E-state index in [-0.39, 0.29) is 0 Å². The normalized spacial score (nSPS) is 10.2. The van der Waals surface area contributed by atoms with Crippen molar-refractivity contribution in [3.63, 3.8) is 0 Å². The maximum Gasteiger partial charge on any atom is 0.153 e. The molecule has 3 nitrogen and oxygen atoms in total. The van der Waals surface area contributed by atoms with Gasteiger partial charge in [0, 0.05) is 17.7 Å². The first-order valence-corrected chi connectivity index (χ1v) is 3.83. The maximum atomic E-state index is 7.05. The highest BCUT2D eigenvalue weighted by molar-refractivity contribution is 5.89. The zero-order chi connectivity index (χ0) is 9.14. The lowest BCUT2D eigenvalue weighted by molar-refractivity contribution is 0.481. The van der Waals surface area contributed by atoms with Crippen LogP contribution in [0.2, 0.25) is 0 Å². The molecule has 1 heterocycles. The van der Waals surface area contributed by atoms with Crippen molar-refractivity contribution in [1.29, 1.82) is 10.8 Å². The summed E-state index contributed by atoms with van der Waals surface area (Å²) in [7, 11) is 0. The largest absolute Gasteiger partial charge is 0.459 e. The Hall–Kier alpha value is -1.38. The SMILES string of the molecule is CC(C)c1cc(C=N)c(C=N)o1. The van der Waals surface area contributed by atoms with Gasteiger partial charge in [-0.15, -0.1) is 0 Å². The van der Waals surface area contributed by atoms with E-state index in [4.69, 9.17) is 15.2 Å². The van der Waals surface area contributed by atoms with Crippen molar-refractivity contribution in [1.82, 2.24) is 0 Å². The summed E-state index contributed by atoms with van der Waals surface area (Å²) in [5, 5.41) is 14.1. The molecule has 0 unspecified atom stereocenters. The van der Waals surface area contributed by atoms with Crippen LogP contribution >= 0.6 is 0 Å². The highest BCUT2D eigenvalue weighted by Gasteiger charge is 2.09. The highest BCUT2D eigenvalue weighted by Crippen LogP contribution is 2.19. The van der Waals surface area contributed by atoms with E-state index in [0.717, 1.165) is 12.0 Å². The molecule has 1 rings (SSSR count). The molecule has 2 N–H and O–H groups in total. The molecule has 0 aliphatic carbocycles. The Morgan fingerprint density at radius 1 is 1.33 bits per heavy atom. The van der Waals surface area contributed by atoms with Crippen LogP contribution in [-0.4, -0.2) is 12.4 Å². The summed E-state index contributed by atoms with van der Waals surface area (Å²) < 4.78 is 5.32. The third kappa shape index (κ3) is 1.44. The maximum absolute atomic E-state index is 7.05. The summed E-state index contributed by atoms with van der Waals surface area (Å²) in [5.74, 6) is 1.60. The van der Waals surface area contributed by atoms with Crippen LogP contribution in [0.25, 0.3) is 0 Å². The Balaban J connectivity index is 3.13. The molecule has 0 saturated carbocycles. The predicted octanol–water partition coefficient (Wildman–Crippen LogP) is 2.40. The quantitative estimate of drug-likeness (QED) is 0.662. The minimum Gasteiger partial charge on any atom is -0.459 e. The summed E-state index contributed by atoms with van der Waals surface area (Å²) in [5.41, 5.74) is 0.675. The first kappa shape index (κ1) is 8.71. The zero-order valence-electron chi connectivity index (χ0n) is 7.22. The van der Waals surface area contributed by atoms with Crippen molar-refractivity contribution >= 4 is 12.4 Å². The molecule has 1 aromatic rings. The van der Waals surface area contributed by atoms with Crippen LogP contribution in [-0.2, 0) is 0 Å². The molecule has 0 aromatic carbocycles. The molecule has 0 saturated heterocycles. The Labute approximate surface area is 71.4 Å². The van der Waals surface area contributed by atoms with Gasteiger partial charge in [-0.1, -0.05) is 13.8 Å². The second-order valence-corrected chi connectivity index (χ2v) is 2.91. The van der Waals surface area contributed by atoms with Crippen molar-refractivity contribution in [3.05, 3.63) is 23.2 Å². The predicted molar refractivity (Wildman–Crippen MR) is 48.6 cm³/mol. The number of rotatable bonds is 3. The minimum atomic E-state index is 0.303. The second-order valence-electron chi connectivity index (χ2n) is 2.91. The van der Waals surface area contributed by atoms with E-state index in [1.807, 2.05) is 13.8 Å². The van der Waals surface area contributed by atoms with E-state index in [1.54, 1.807) is 6.07 Å². The lowest BCUT2D eigenvalue weighted by atomic mass is 10.1. The fraction of sp³-hybridized carbons (Fsp3) is 0.333. The summed E-state index contributed by atoms with van der Waals surface area (Å²) >= 11 is 0. The molecular formula is C9H12N2O. The first-order valence-electron chi connectivity index (χ1n) is 3.83. The van der Waals surface area contributed by atoms with Gasteiger partial charge in [0.25, 0.3) is 0 Å². The molecule has 0 aliphatic rings. The highest BCUT2D eigenvalue weighted by atomic mass is 16.3. The van der Waals surface area contributed by atoms with Crippen molar-refractivity contribution in [2.45, 2.75) is 19.8 Å². The fourth-order valence-corrected chi connectivity index (χ4v) is 0.950. The van der Waals surface area contributed by atoms with Crippen molar-refractivity contribution in [2.24, 2.45) is 0 Å². The van der Waals surface area contributed by atoms with Crippen molar-refractivity contribution in [2.75, 3.05) is 0 Å². The average Bonchev–Trinajstić information content (AvgIpc) is 2.46. The molecule has 0 radical (unpaired) electrons. The minimum absolute atomic E-state index is 0.303. The van der Waals surface area contributed by atoms with Gasteiger partial charge in [-0.2, -0.15) is 0 Å². The van der Waals surface area contributed by atoms with E-state index in [1.165, 1.54) is 6.21 Å². The van der Waals surface area contributed by atoms with Gasteiger partial charge >= 0.3 is 0 Å². The topological polar surface area (TPSA) is 60.8 Å². The first-order chi connectivity index (χ1) is 5.69. The molecule has 1 aromatic heterocycles. The van der Waals surface area contributed by atoms with Crippen LogP contribution in [0.5, 0.6) is 0 Å². The van der Waals surface area contributed by atoms with Crippen LogP contribution in [0.1, 0.15) is 36.8 Å². The van der Waals surface area contributed by atoms with Crippen LogP contribution < -0.4 is 0 Å². The molecule has 0 aliphatic heterocycles. The molecule has 3 heteroatoms. The molecule has 64 valence electrons. The van der Waals surface area contributed by atoms with Gasteiger partial charge < -0.3 is 15.2 Å². The second kappa shape index (κ2) is 3.34. The summed E-state index contributed by atoms with van der Waals surface area (Å²) in [4.78, 5) is 0. The monoisotopic (exact) mass is 164 g/mol. The van der Waals surface area contributed by atoms with Gasteiger partial charge in [0.05, 0.1) is 6.21 Å². The molecule has 0 amide bonds. The van der Waals surface area contributed by atoms with E-state index in [9.17, 15) is 0 Å². The lowest BCUT2D eigenvalue weighted by Gasteiger charge is -1.96. The Morgan fingerprint density at radius 2 is 2.00 bits per heavy atom. The smallest absolute Gasteiger partial charge is 0.153 e. The van der Waals surface area contributed by atoms with Gasteiger partial charge in [-0.3, -0.25) is 0 Å². The van der Waals surface area contributed by atoms with Crippen LogP contribution in [0.15, 0.2) is 10.5 Å². The Bertz CT molecular complexity index is 274. The van der Waals surface area contributed by atoms with Crippen LogP contribution in [0.4, 0.5) is 0 Å². The van der Waals surface area contributed by atoms with Gasteiger partial charge in [0.15, 0.2) is 5.76 Å². The number of nitrogens with one attached hydrogen (secondary N) is 2. The Morgan fingerprint density at radius 3 is 2.33 bits per heavy atom. The fourth-order valence-electron chi connectivity index (χ4n) is 0.950. The van der Waals surface area contributed by atoms with Gasteiger partial charge in [-0.25, -0.2) is 0 Å². The molecule has 0 fully saturated rings. The number of hydrogen-bond acceptors (Lipinski definition) is 3. The van der Waals surface area contributed by atoms with Gasteiger partial charge in [0.1, 0.15) is 5.76 Å². The van der Waals surface area contributed by atoms with E-state index in [0.29, 0.717) is 17.2 Å². The third-order valence-electron chi connectivity index (χ3n) is 1.67. The lowest BCUT2D eigenvalue weighted by Crippen LogP contribution is -1.81. The summed E-state index contributed by atoms with van der Waals surface area (Å²) in [6.07, 6.45) is 2.34. The molecule has 12 heavy (non-hydrogen) atoms. The zero-order valence-corrected chi connectivity index (χ0v) is 7.22. The molecule has 0 bridgehead atoms. The summed E-state index contributed by atoms with van der Waals surface area (Å²) in [6, 6.07) is 1.80. The Kier molecular flexibility index (Phi) is 2.43. The third-order valence-corrected chi connectivity index (χ3v) is 1.67. The van der Waals surface area contributed by atoms with Gasteiger partial charge in [-0.05, 0) is 6.07 Å². The van der Waals surface area contributed by atoms with Gasteiger partial charge in [0.2, 0.25) is 0 Å². The van der Waals surface area contributed by atoms with E-state index < -0.39 is 0 Å². The number of hydrogen-bond donors (Lipinski definition) is 2. The van der Waals surface area contributed by atoms with E-state index >= 15 is 0 Å². The average molecular weight is 164 g/mol. The molecule has 0 atom stereocenters. The standard InChI is InChI=1S/C9H12N2O/c1-6(2)8-3-7(4-10)9(5-11)12-8/h3-6,10-11H,1-2H3. The number of furan rings is 1. The van der Waals surface area contributed by atoms with E-state index in [2.05, 4.69) is 0 Å². The molecule has 0 spiro atoms. The van der Waals surface area contributed by atoms with Crippen molar-refractivity contribution in [3.8, 4) is 0 Å². The van der Waals surface area contributed by atoms with Crippen molar-refractivity contribution < 1.29 is 4.42 Å². The summed E-state index contributed by atoms with van der Waals surface area (Å²) in [6.45, 7) is 4.03. The van der Waals surface area contributed by atoms with Crippen LogP contribution in [0, 0.1) is 10.8 Å².